The van der Waals surface area contributed by atoms with Crippen LogP contribution in [-0.2, 0) is 4.74 Å². The molecule has 0 aromatic heterocycles. The highest BCUT2D eigenvalue weighted by atomic mass is 16.5. The molecule has 56 valence electrons. The average Bonchev–Trinajstić information content (AvgIpc) is 1.88. The Kier molecular flexibility index (Phi) is 1.94. The summed E-state index contributed by atoms with van der Waals surface area (Å²) in [6.45, 7) is 6.15. The van der Waals surface area contributed by atoms with Gasteiger partial charge < -0.3 is 10.1 Å². The van der Waals surface area contributed by atoms with Gasteiger partial charge in [-0.2, -0.15) is 0 Å². The summed E-state index contributed by atoms with van der Waals surface area (Å²) in [6.07, 6.45) is 0.500. The summed E-state index contributed by atoms with van der Waals surface area (Å²) in [7, 11) is 0. The molecule has 1 atom stereocenters. The molecule has 1 saturated heterocycles. The Morgan fingerprint density at radius 3 is 3.00 bits per heavy atom. The maximum atomic E-state index is 10.6. The van der Waals surface area contributed by atoms with E-state index in [4.69, 9.17) is 0 Å². The quantitative estimate of drug-likeness (QED) is 0.554. The van der Waals surface area contributed by atoms with E-state index in [1.54, 1.807) is 0 Å². The molecule has 1 aliphatic heterocycles. The van der Waals surface area contributed by atoms with Gasteiger partial charge in [-0.25, -0.2) is 4.79 Å². The summed E-state index contributed by atoms with van der Waals surface area (Å²) in [4.78, 5) is 10.6. The molecule has 1 amide bonds. The number of amides is 1. The van der Waals surface area contributed by atoms with Gasteiger partial charge in [0.05, 0.1) is 12.6 Å². The van der Waals surface area contributed by atoms with Crippen LogP contribution in [0.5, 0.6) is 0 Å². The van der Waals surface area contributed by atoms with Crippen LogP contribution < -0.4 is 5.32 Å². The van der Waals surface area contributed by atoms with E-state index in [0.29, 0.717) is 6.61 Å². The molecule has 1 fully saturated rings. The van der Waals surface area contributed by atoms with E-state index in [0.717, 1.165) is 12.0 Å². The SMILES string of the molecule is C=C(C)C1CCOC(=O)N1. The number of alkyl carbamates (subject to hydrolysis) is 1. The van der Waals surface area contributed by atoms with Crippen LogP contribution in [0.4, 0.5) is 4.79 Å². The summed E-state index contributed by atoms with van der Waals surface area (Å²) >= 11 is 0. The van der Waals surface area contributed by atoms with Crippen molar-refractivity contribution < 1.29 is 9.53 Å². The number of hydrogen-bond acceptors (Lipinski definition) is 2. The minimum atomic E-state index is -0.334. The number of rotatable bonds is 1. The first-order chi connectivity index (χ1) is 4.70. The number of carbonyl (C=O) groups excluding carboxylic acids is 1. The van der Waals surface area contributed by atoms with E-state index in [2.05, 4.69) is 16.6 Å². The number of ether oxygens (including phenoxy) is 1. The molecule has 1 aliphatic rings. The summed E-state index contributed by atoms with van der Waals surface area (Å²) in [5, 5.41) is 2.66. The van der Waals surface area contributed by atoms with Crippen LogP contribution in [0.15, 0.2) is 12.2 Å². The highest BCUT2D eigenvalue weighted by Crippen LogP contribution is 2.07. The predicted octanol–water partition coefficient (Wildman–Crippen LogP) is 1.06. The van der Waals surface area contributed by atoms with E-state index < -0.39 is 0 Å². The molecule has 0 aromatic carbocycles. The Balaban J connectivity index is 2.47. The van der Waals surface area contributed by atoms with Crippen LogP contribution in [0.1, 0.15) is 13.3 Å². The van der Waals surface area contributed by atoms with Crippen molar-refractivity contribution in [3.05, 3.63) is 12.2 Å². The lowest BCUT2D eigenvalue weighted by Gasteiger charge is -2.23. The van der Waals surface area contributed by atoms with Crippen molar-refractivity contribution in [1.29, 1.82) is 0 Å². The second kappa shape index (κ2) is 2.73. The smallest absolute Gasteiger partial charge is 0.407 e. The van der Waals surface area contributed by atoms with Crippen molar-refractivity contribution in [2.45, 2.75) is 19.4 Å². The Labute approximate surface area is 60.1 Å². The fourth-order valence-corrected chi connectivity index (χ4v) is 0.895. The highest BCUT2D eigenvalue weighted by molar-refractivity contribution is 5.68. The third-order valence-corrected chi connectivity index (χ3v) is 1.53. The van der Waals surface area contributed by atoms with Crippen LogP contribution in [0.2, 0.25) is 0 Å². The molecule has 1 N–H and O–H groups in total. The van der Waals surface area contributed by atoms with Gasteiger partial charge >= 0.3 is 6.09 Å². The molecule has 0 saturated carbocycles. The fraction of sp³-hybridized carbons (Fsp3) is 0.571. The van der Waals surface area contributed by atoms with Crippen molar-refractivity contribution in [2.75, 3.05) is 6.61 Å². The Morgan fingerprint density at radius 2 is 2.60 bits per heavy atom. The first-order valence-electron chi connectivity index (χ1n) is 3.29. The second-order valence-corrected chi connectivity index (χ2v) is 2.47. The summed E-state index contributed by atoms with van der Waals surface area (Å²) in [6, 6.07) is 0.112. The maximum Gasteiger partial charge on any atom is 0.407 e. The summed E-state index contributed by atoms with van der Waals surface area (Å²) in [5.74, 6) is 0. The van der Waals surface area contributed by atoms with Gasteiger partial charge in [-0.15, -0.1) is 0 Å². The maximum absolute atomic E-state index is 10.6. The van der Waals surface area contributed by atoms with Crippen LogP contribution in [-0.4, -0.2) is 18.7 Å². The van der Waals surface area contributed by atoms with Crippen molar-refractivity contribution >= 4 is 6.09 Å². The molecular weight excluding hydrogens is 130 g/mol. The molecule has 0 aliphatic carbocycles. The molecule has 3 nitrogen and oxygen atoms in total. The third-order valence-electron chi connectivity index (χ3n) is 1.53. The zero-order chi connectivity index (χ0) is 7.56. The van der Waals surface area contributed by atoms with Gasteiger partial charge in [0.1, 0.15) is 0 Å². The Bertz CT molecular complexity index is 163. The molecule has 10 heavy (non-hydrogen) atoms. The molecular formula is C7H11NO2. The second-order valence-electron chi connectivity index (χ2n) is 2.47. The molecule has 0 radical (unpaired) electrons. The van der Waals surface area contributed by atoms with E-state index in [9.17, 15) is 4.79 Å². The zero-order valence-electron chi connectivity index (χ0n) is 6.02. The molecule has 0 bridgehead atoms. The Hall–Kier alpha value is -0.990. The molecule has 1 rings (SSSR count). The normalized spacial score (nSPS) is 24.9. The summed E-state index contributed by atoms with van der Waals surface area (Å²) in [5.41, 5.74) is 0.983. The van der Waals surface area contributed by atoms with E-state index >= 15 is 0 Å². The van der Waals surface area contributed by atoms with Crippen molar-refractivity contribution in [3.63, 3.8) is 0 Å². The molecule has 1 heterocycles. The topological polar surface area (TPSA) is 38.3 Å². The molecule has 1 unspecified atom stereocenters. The summed E-state index contributed by atoms with van der Waals surface area (Å²) < 4.78 is 4.67. The van der Waals surface area contributed by atoms with Gasteiger partial charge in [0.2, 0.25) is 0 Å². The molecule has 3 heteroatoms. The first-order valence-corrected chi connectivity index (χ1v) is 3.29. The monoisotopic (exact) mass is 141 g/mol. The van der Waals surface area contributed by atoms with Crippen LogP contribution >= 0.6 is 0 Å². The van der Waals surface area contributed by atoms with Gasteiger partial charge in [-0.3, -0.25) is 0 Å². The van der Waals surface area contributed by atoms with Crippen molar-refractivity contribution in [1.82, 2.24) is 5.32 Å². The molecule has 0 aromatic rings. The third kappa shape index (κ3) is 1.50. The number of nitrogens with one attached hydrogen (secondary N) is 1. The minimum Gasteiger partial charge on any atom is -0.449 e. The van der Waals surface area contributed by atoms with Gasteiger partial charge in [-0.1, -0.05) is 12.2 Å². The van der Waals surface area contributed by atoms with Crippen molar-refractivity contribution in [2.24, 2.45) is 0 Å². The van der Waals surface area contributed by atoms with Crippen LogP contribution in [0, 0.1) is 0 Å². The van der Waals surface area contributed by atoms with Crippen LogP contribution in [0.25, 0.3) is 0 Å². The Morgan fingerprint density at radius 1 is 1.90 bits per heavy atom. The molecule has 0 spiro atoms. The number of cyclic esters (lactones) is 1. The highest BCUT2D eigenvalue weighted by Gasteiger charge is 2.18. The minimum absolute atomic E-state index is 0.112. The first kappa shape index (κ1) is 7.12. The number of hydrogen-bond donors (Lipinski definition) is 1. The van der Waals surface area contributed by atoms with Crippen LogP contribution in [0.3, 0.4) is 0 Å². The lowest BCUT2D eigenvalue weighted by atomic mass is 10.1. The predicted molar refractivity (Wildman–Crippen MR) is 37.7 cm³/mol. The van der Waals surface area contributed by atoms with Gasteiger partial charge in [0.15, 0.2) is 0 Å². The standard InChI is InChI=1S/C7H11NO2/c1-5(2)6-3-4-10-7(9)8-6/h6H,1,3-4H2,2H3,(H,8,9). The lowest BCUT2D eigenvalue weighted by molar-refractivity contribution is 0.120. The average molecular weight is 141 g/mol. The van der Waals surface area contributed by atoms with E-state index in [-0.39, 0.29) is 12.1 Å². The van der Waals surface area contributed by atoms with E-state index in [1.807, 2.05) is 6.92 Å². The fourth-order valence-electron chi connectivity index (χ4n) is 0.895. The number of carbonyl (C=O) groups is 1. The van der Waals surface area contributed by atoms with Gasteiger partial charge in [-0.05, 0) is 6.92 Å². The zero-order valence-corrected chi connectivity index (χ0v) is 6.02. The van der Waals surface area contributed by atoms with Gasteiger partial charge in [0.25, 0.3) is 0 Å². The van der Waals surface area contributed by atoms with Crippen molar-refractivity contribution in [3.8, 4) is 0 Å². The largest absolute Gasteiger partial charge is 0.449 e. The lowest BCUT2D eigenvalue weighted by Crippen LogP contribution is -2.41. The van der Waals surface area contributed by atoms with E-state index in [1.165, 1.54) is 0 Å². The van der Waals surface area contributed by atoms with Gasteiger partial charge in [0, 0.05) is 6.42 Å².